The van der Waals surface area contributed by atoms with Crippen LogP contribution in [0.1, 0.15) is 29.3 Å². The van der Waals surface area contributed by atoms with Crippen molar-refractivity contribution in [2.45, 2.75) is 26.0 Å². The Morgan fingerprint density at radius 3 is 2.78 bits per heavy atom. The van der Waals surface area contributed by atoms with Gasteiger partial charge in [-0.05, 0) is 25.0 Å². The zero-order valence-corrected chi connectivity index (χ0v) is 13.7. The van der Waals surface area contributed by atoms with Gasteiger partial charge in [0.05, 0.1) is 25.4 Å². The smallest absolute Gasteiger partial charge is 0.338 e. The van der Waals surface area contributed by atoms with Gasteiger partial charge in [0.2, 0.25) is 0 Å². The number of benzene rings is 1. The minimum absolute atomic E-state index is 0.110. The molecule has 0 bridgehead atoms. The molecule has 0 saturated carbocycles. The molecule has 5 nitrogen and oxygen atoms in total. The first-order chi connectivity index (χ1) is 11.2. The lowest BCUT2D eigenvalue weighted by Gasteiger charge is -2.27. The molecule has 2 atom stereocenters. The highest BCUT2D eigenvalue weighted by atomic mass is 16.5. The molecule has 2 aliphatic rings. The summed E-state index contributed by atoms with van der Waals surface area (Å²) in [6.07, 6.45) is 0.852. The Balaban J connectivity index is 1.64. The number of hydrogen-bond acceptors (Lipinski definition) is 5. The quantitative estimate of drug-likeness (QED) is 0.778. The molecule has 0 spiro atoms. The van der Waals surface area contributed by atoms with Crippen LogP contribution in [0.15, 0.2) is 24.3 Å². The molecule has 2 heterocycles. The summed E-state index contributed by atoms with van der Waals surface area (Å²) < 4.78 is 16.4. The van der Waals surface area contributed by atoms with E-state index in [9.17, 15) is 4.79 Å². The highest BCUT2D eigenvalue weighted by Crippen LogP contribution is 2.21. The van der Waals surface area contributed by atoms with E-state index in [4.69, 9.17) is 14.2 Å². The van der Waals surface area contributed by atoms with Crippen molar-refractivity contribution in [3.63, 3.8) is 0 Å². The molecule has 126 valence electrons. The van der Waals surface area contributed by atoms with Crippen molar-refractivity contribution in [3.8, 4) is 0 Å². The average molecular weight is 319 g/mol. The van der Waals surface area contributed by atoms with Crippen molar-refractivity contribution in [3.05, 3.63) is 35.4 Å². The summed E-state index contributed by atoms with van der Waals surface area (Å²) in [6, 6.07) is 7.73. The number of rotatable bonds is 5. The largest absolute Gasteiger partial charge is 0.459 e. The zero-order valence-electron chi connectivity index (χ0n) is 13.7. The zero-order chi connectivity index (χ0) is 16.1. The lowest BCUT2D eigenvalue weighted by Crippen LogP contribution is -2.36. The van der Waals surface area contributed by atoms with Gasteiger partial charge in [0.25, 0.3) is 0 Å². The topological polar surface area (TPSA) is 48.0 Å². The van der Waals surface area contributed by atoms with Crippen LogP contribution in [0, 0.1) is 5.92 Å². The lowest BCUT2D eigenvalue weighted by molar-refractivity contribution is 0.0173. The third-order valence-corrected chi connectivity index (χ3v) is 4.66. The normalized spacial score (nSPS) is 23.6. The third-order valence-electron chi connectivity index (χ3n) is 4.66. The average Bonchev–Trinajstić information content (AvgIpc) is 3.11. The van der Waals surface area contributed by atoms with Crippen molar-refractivity contribution in [1.82, 2.24) is 4.90 Å². The van der Waals surface area contributed by atoms with Crippen LogP contribution in [-0.4, -0.2) is 56.5 Å². The molecule has 0 amide bonds. The van der Waals surface area contributed by atoms with Gasteiger partial charge in [0, 0.05) is 32.2 Å². The first-order valence-corrected chi connectivity index (χ1v) is 8.41. The highest BCUT2D eigenvalue weighted by Gasteiger charge is 2.26. The second-order valence-corrected chi connectivity index (χ2v) is 6.28. The summed E-state index contributed by atoms with van der Waals surface area (Å²) in [4.78, 5) is 14.9. The van der Waals surface area contributed by atoms with Crippen LogP contribution < -0.4 is 0 Å². The number of ether oxygens (including phenoxy) is 3. The summed E-state index contributed by atoms with van der Waals surface area (Å²) >= 11 is 0. The van der Waals surface area contributed by atoms with Gasteiger partial charge < -0.3 is 14.2 Å². The van der Waals surface area contributed by atoms with Gasteiger partial charge in [-0.25, -0.2) is 4.79 Å². The van der Waals surface area contributed by atoms with E-state index in [1.807, 2.05) is 31.2 Å². The van der Waals surface area contributed by atoms with E-state index in [1.165, 1.54) is 0 Å². The fourth-order valence-corrected chi connectivity index (χ4v) is 3.11. The Hall–Kier alpha value is -1.43. The molecule has 0 radical (unpaired) electrons. The van der Waals surface area contributed by atoms with E-state index in [0.717, 1.165) is 51.4 Å². The predicted octanol–water partition coefficient (Wildman–Crippen LogP) is 2.10. The molecule has 1 aromatic rings. The fourth-order valence-electron chi connectivity index (χ4n) is 3.11. The standard InChI is InChI=1S/C18H25NO4/c1-14(16-6-9-22-13-16)23-18(20)17-5-3-2-4-15(17)12-19-7-10-21-11-8-19/h2-5,14,16H,6-13H2,1H3. The Bertz CT molecular complexity index is 522. The van der Waals surface area contributed by atoms with Gasteiger partial charge in [-0.3, -0.25) is 4.90 Å². The second kappa shape index (κ2) is 7.90. The number of morpholine rings is 1. The van der Waals surface area contributed by atoms with E-state index < -0.39 is 0 Å². The minimum atomic E-state index is -0.228. The van der Waals surface area contributed by atoms with Crippen LogP contribution >= 0.6 is 0 Å². The number of nitrogens with zero attached hydrogens (tertiary/aromatic N) is 1. The molecular formula is C18H25NO4. The van der Waals surface area contributed by atoms with Crippen LogP contribution in [0.25, 0.3) is 0 Å². The molecule has 2 saturated heterocycles. The fraction of sp³-hybridized carbons (Fsp3) is 0.611. The number of carbonyl (C=O) groups excluding carboxylic acids is 1. The summed E-state index contributed by atoms with van der Waals surface area (Å²) in [5.74, 6) is 0.0821. The van der Waals surface area contributed by atoms with Gasteiger partial charge in [-0.1, -0.05) is 18.2 Å². The molecule has 3 rings (SSSR count). The SMILES string of the molecule is CC(OC(=O)c1ccccc1CN1CCOCC1)C1CCOC1. The van der Waals surface area contributed by atoms with Crippen molar-refractivity contribution >= 4 is 5.97 Å². The number of esters is 1. The molecular weight excluding hydrogens is 294 g/mol. The Kier molecular flexibility index (Phi) is 5.65. The molecule has 2 unspecified atom stereocenters. The monoisotopic (exact) mass is 319 g/mol. The van der Waals surface area contributed by atoms with Crippen LogP contribution in [0.3, 0.4) is 0 Å². The van der Waals surface area contributed by atoms with Crippen molar-refractivity contribution < 1.29 is 19.0 Å². The molecule has 0 aromatic heterocycles. The van der Waals surface area contributed by atoms with Gasteiger partial charge in [0.1, 0.15) is 6.10 Å². The van der Waals surface area contributed by atoms with Crippen LogP contribution in [-0.2, 0) is 20.8 Å². The maximum absolute atomic E-state index is 12.6. The molecule has 0 N–H and O–H groups in total. The van der Waals surface area contributed by atoms with Gasteiger partial charge in [-0.15, -0.1) is 0 Å². The van der Waals surface area contributed by atoms with Crippen molar-refractivity contribution in [2.75, 3.05) is 39.5 Å². The van der Waals surface area contributed by atoms with Crippen LogP contribution in [0.2, 0.25) is 0 Å². The van der Waals surface area contributed by atoms with Crippen LogP contribution in [0.5, 0.6) is 0 Å². The predicted molar refractivity (Wildman–Crippen MR) is 86.3 cm³/mol. The minimum Gasteiger partial charge on any atom is -0.459 e. The lowest BCUT2D eigenvalue weighted by atomic mass is 10.0. The summed E-state index contributed by atoms with van der Waals surface area (Å²) in [5.41, 5.74) is 1.69. The third kappa shape index (κ3) is 4.31. The van der Waals surface area contributed by atoms with E-state index in [-0.39, 0.29) is 12.1 Å². The van der Waals surface area contributed by atoms with Gasteiger partial charge in [0.15, 0.2) is 0 Å². The van der Waals surface area contributed by atoms with E-state index in [2.05, 4.69) is 4.90 Å². The maximum Gasteiger partial charge on any atom is 0.338 e. The van der Waals surface area contributed by atoms with E-state index in [1.54, 1.807) is 0 Å². The summed E-state index contributed by atoms with van der Waals surface area (Å²) in [6.45, 7) is 7.48. The molecule has 0 aliphatic carbocycles. The number of carbonyl (C=O) groups is 1. The Morgan fingerprint density at radius 2 is 2.04 bits per heavy atom. The molecule has 5 heteroatoms. The second-order valence-electron chi connectivity index (χ2n) is 6.28. The number of hydrogen-bond donors (Lipinski definition) is 0. The van der Waals surface area contributed by atoms with Crippen molar-refractivity contribution in [2.24, 2.45) is 5.92 Å². The molecule has 2 aliphatic heterocycles. The molecule has 2 fully saturated rings. The first-order valence-electron chi connectivity index (χ1n) is 8.41. The van der Waals surface area contributed by atoms with Gasteiger partial charge >= 0.3 is 5.97 Å². The first kappa shape index (κ1) is 16.4. The van der Waals surface area contributed by atoms with Gasteiger partial charge in [-0.2, -0.15) is 0 Å². The van der Waals surface area contributed by atoms with E-state index >= 15 is 0 Å². The maximum atomic E-state index is 12.6. The molecule has 1 aromatic carbocycles. The Labute approximate surface area is 137 Å². The Morgan fingerprint density at radius 1 is 1.26 bits per heavy atom. The highest BCUT2D eigenvalue weighted by molar-refractivity contribution is 5.91. The summed E-state index contributed by atoms with van der Waals surface area (Å²) in [7, 11) is 0. The van der Waals surface area contributed by atoms with Crippen LogP contribution in [0.4, 0.5) is 0 Å². The summed E-state index contributed by atoms with van der Waals surface area (Å²) in [5, 5.41) is 0. The molecule has 23 heavy (non-hydrogen) atoms. The van der Waals surface area contributed by atoms with Crippen molar-refractivity contribution in [1.29, 1.82) is 0 Å². The van der Waals surface area contributed by atoms with E-state index in [0.29, 0.717) is 18.1 Å².